The second-order valence-corrected chi connectivity index (χ2v) is 4.97. The molecule has 0 saturated carbocycles. The number of halogens is 1. The molecule has 0 aliphatic heterocycles. The van der Waals surface area contributed by atoms with Gasteiger partial charge in [-0.05, 0) is 30.3 Å². The lowest BCUT2D eigenvalue weighted by molar-refractivity contribution is 0.102. The topological polar surface area (TPSA) is 88.2 Å². The number of phenolic OH excluding ortho intramolecular Hbond substituents is 1. The van der Waals surface area contributed by atoms with E-state index in [1.165, 1.54) is 18.3 Å². The van der Waals surface area contributed by atoms with Crippen molar-refractivity contribution in [1.29, 1.82) is 0 Å². The van der Waals surface area contributed by atoms with Crippen molar-refractivity contribution in [1.82, 2.24) is 4.98 Å². The monoisotopic (exact) mass is 345 g/mol. The van der Waals surface area contributed by atoms with Crippen LogP contribution in [0.1, 0.15) is 15.9 Å². The summed E-state index contributed by atoms with van der Waals surface area (Å²) < 4.78 is 0.689. The molecule has 0 aliphatic carbocycles. The first kappa shape index (κ1) is 15.0. The van der Waals surface area contributed by atoms with E-state index in [0.717, 1.165) is 0 Å². The van der Waals surface area contributed by atoms with E-state index < -0.39 is 5.91 Å². The molecule has 0 atom stereocenters. The van der Waals surface area contributed by atoms with E-state index in [4.69, 9.17) is 5.73 Å². The molecule has 0 radical (unpaired) electrons. The molecule has 5 nitrogen and oxygen atoms in total. The second-order valence-electron chi connectivity index (χ2n) is 4.05. The smallest absolute Gasteiger partial charge is 0.260 e. The number of nitrogens with two attached hydrogens (primary N) is 1. The number of hydrogen-bond donors (Lipinski definition) is 3. The van der Waals surface area contributed by atoms with Gasteiger partial charge in [0.05, 0.1) is 12.1 Å². The van der Waals surface area contributed by atoms with Gasteiger partial charge in [0.2, 0.25) is 0 Å². The SMILES string of the molecule is NCC#Cc1ccnc(NC(=O)c2ccc(Br)cc2O)c1. The fraction of sp³-hybridized carbons (Fsp3) is 0.0667. The summed E-state index contributed by atoms with van der Waals surface area (Å²) in [6.07, 6.45) is 1.54. The number of carbonyl (C=O) groups excluding carboxylic acids is 1. The van der Waals surface area contributed by atoms with Crippen LogP contribution in [-0.2, 0) is 0 Å². The van der Waals surface area contributed by atoms with E-state index in [-0.39, 0.29) is 17.9 Å². The predicted molar refractivity (Wildman–Crippen MR) is 83.9 cm³/mol. The highest BCUT2D eigenvalue weighted by atomic mass is 79.9. The molecule has 2 aromatic rings. The number of aromatic hydroxyl groups is 1. The third kappa shape index (κ3) is 4.05. The minimum atomic E-state index is -0.448. The van der Waals surface area contributed by atoms with Crippen molar-refractivity contribution in [2.75, 3.05) is 11.9 Å². The van der Waals surface area contributed by atoms with Crippen molar-refractivity contribution < 1.29 is 9.90 Å². The van der Waals surface area contributed by atoms with Gasteiger partial charge in [-0.15, -0.1) is 0 Å². The number of nitrogens with one attached hydrogen (secondary N) is 1. The molecule has 0 fully saturated rings. The summed E-state index contributed by atoms with van der Waals surface area (Å²) in [6.45, 7) is 0.261. The number of aromatic nitrogens is 1. The van der Waals surface area contributed by atoms with Gasteiger partial charge in [-0.3, -0.25) is 4.79 Å². The number of nitrogens with zero attached hydrogens (tertiary/aromatic N) is 1. The van der Waals surface area contributed by atoms with Crippen molar-refractivity contribution in [3.63, 3.8) is 0 Å². The molecule has 0 bridgehead atoms. The Morgan fingerprint density at radius 1 is 1.38 bits per heavy atom. The molecular formula is C15H12BrN3O2. The third-order valence-corrected chi connectivity index (χ3v) is 3.03. The predicted octanol–water partition coefficient (Wildman–Crippen LogP) is 2.11. The summed E-state index contributed by atoms with van der Waals surface area (Å²) >= 11 is 3.22. The van der Waals surface area contributed by atoms with Crippen LogP contribution in [0.3, 0.4) is 0 Å². The summed E-state index contributed by atoms with van der Waals surface area (Å²) in [5.74, 6) is 5.37. The Balaban J connectivity index is 2.19. The molecule has 4 N–H and O–H groups in total. The Hall–Kier alpha value is -2.36. The summed E-state index contributed by atoms with van der Waals surface area (Å²) in [5.41, 5.74) is 6.17. The standard InChI is InChI=1S/C15H12BrN3O2/c16-11-3-4-12(13(20)9-11)15(21)19-14-8-10(2-1-6-17)5-7-18-14/h3-5,7-9,20H,6,17H2,(H,18,19,21). The number of hydrogen-bond acceptors (Lipinski definition) is 4. The largest absolute Gasteiger partial charge is 0.507 e. The van der Waals surface area contributed by atoms with Crippen molar-refractivity contribution in [2.24, 2.45) is 5.73 Å². The average molecular weight is 346 g/mol. The van der Waals surface area contributed by atoms with Gasteiger partial charge in [0.15, 0.2) is 0 Å². The molecule has 21 heavy (non-hydrogen) atoms. The molecule has 0 aliphatic rings. The lowest BCUT2D eigenvalue weighted by Crippen LogP contribution is -2.13. The maximum Gasteiger partial charge on any atom is 0.260 e. The Bertz CT molecular complexity index is 735. The Morgan fingerprint density at radius 2 is 2.19 bits per heavy atom. The third-order valence-electron chi connectivity index (χ3n) is 2.54. The van der Waals surface area contributed by atoms with Gasteiger partial charge < -0.3 is 16.2 Å². The summed E-state index contributed by atoms with van der Waals surface area (Å²) in [5, 5.41) is 12.4. The Labute approximate surface area is 130 Å². The number of pyridine rings is 1. The zero-order chi connectivity index (χ0) is 15.2. The van der Waals surface area contributed by atoms with Crippen molar-refractivity contribution in [3.8, 4) is 17.6 Å². The fourth-order valence-corrected chi connectivity index (χ4v) is 1.96. The first-order chi connectivity index (χ1) is 10.1. The molecule has 2 rings (SSSR count). The van der Waals surface area contributed by atoms with Gasteiger partial charge >= 0.3 is 0 Å². The number of carbonyl (C=O) groups is 1. The zero-order valence-electron chi connectivity index (χ0n) is 10.9. The molecular weight excluding hydrogens is 334 g/mol. The number of benzene rings is 1. The van der Waals surface area contributed by atoms with Gasteiger partial charge in [-0.1, -0.05) is 27.8 Å². The number of amides is 1. The van der Waals surface area contributed by atoms with Crippen LogP contribution in [0.4, 0.5) is 5.82 Å². The van der Waals surface area contributed by atoms with Crippen molar-refractivity contribution in [2.45, 2.75) is 0 Å². The molecule has 0 saturated heterocycles. The van der Waals surface area contributed by atoms with Gasteiger partial charge in [0, 0.05) is 16.2 Å². The minimum Gasteiger partial charge on any atom is -0.507 e. The molecule has 6 heteroatoms. The number of rotatable bonds is 2. The second kappa shape index (κ2) is 6.88. The van der Waals surface area contributed by atoms with Crippen LogP contribution >= 0.6 is 15.9 Å². The van der Waals surface area contributed by atoms with Crippen LogP contribution in [0.2, 0.25) is 0 Å². The normalized spacial score (nSPS) is 9.62. The minimum absolute atomic E-state index is 0.110. The maximum absolute atomic E-state index is 12.1. The van der Waals surface area contributed by atoms with Gasteiger partial charge in [0.25, 0.3) is 5.91 Å². The quantitative estimate of drug-likeness (QED) is 0.727. The maximum atomic E-state index is 12.1. The molecule has 0 unspecified atom stereocenters. The van der Waals surface area contributed by atoms with Crippen LogP contribution < -0.4 is 11.1 Å². The van der Waals surface area contributed by atoms with Crippen LogP contribution in [0.15, 0.2) is 41.0 Å². The van der Waals surface area contributed by atoms with Gasteiger partial charge in [-0.2, -0.15) is 0 Å². The zero-order valence-corrected chi connectivity index (χ0v) is 12.5. The van der Waals surface area contributed by atoms with E-state index >= 15 is 0 Å². The number of phenols is 1. The van der Waals surface area contributed by atoms with Crippen molar-refractivity contribution >= 4 is 27.7 Å². The van der Waals surface area contributed by atoms with E-state index in [0.29, 0.717) is 15.9 Å². The lowest BCUT2D eigenvalue weighted by atomic mass is 10.2. The van der Waals surface area contributed by atoms with Crippen molar-refractivity contribution in [3.05, 3.63) is 52.1 Å². The summed E-state index contributed by atoms with van der Waals surface area (Å²) in [7, 11) is 0. The molecule has 1 amide bonds. The highest BCUT2D eigenvalue weighted by molar-refractivity contribution is 9.10. The Kier molecular flexibility index (Phi) is 4.93. The summed E-state index contributed by atoms with van der Waals surface area (Å²) in [6, 6.07) is 8.00. The first-order valence-corrected chi connectivity index (χ1v) is 6.84. The Morgan fingerprint density at radius 3 is 2.90 bits per heavy atom. The van der Waals surface area contributed by atoms with Gasteiger partial charge in [-0.25, -0.2) is 4.98 Å². The highest BCUT2D eigenvalue weighted by Crippen LogP contribution is 2.23. The number of anilines is 1. The highest BCUT2D eigenvalue weighted by Gasteiger charge is 2.12. The lowest BCUT2D eigenvalue weighted by Gasteiger charge is -2.06. The molecule has 1 aromatic carbocycles. The molecule has 106 valence electrons. The molecule has 1 heterocycles. The molecule has 0 spiro atoms. The van der Waals surface area contributed by atoms with Gasteiger partial charge in [0.1, 0.15) is 11.6 Å². The van der Waals surface area contributed by atoms with E-state index in [9.17, 15) is 9.90 Å². The van der Waals surface area contributed by atoms with E-state index in [2.05, 4.69) is 38.1 Å². The average Bonchev–Trinajstić information content (AvgIpc) is 2.45. The van der Waals surface area contributed by atoms with Crippen LogP contribution in [0.25, 0.3) is 0 Å². The molecule has 1 aromatic heterocycles. The van der Waals surface area contributed by atoms with Crippen LogP contribution in [0.5, 0.6) is 5.75 Å². The van der Waals surface area contributed by atoms with E-state index in [1.54, 1.807) is 18.2 Å². The summed E-state index contributed by atoms with van der Waals surface area (Å²) in [4.78, 5) is 16.1. The van der Waals surface area contributed by atoms with E-state index in [1.807, 2.05) is 0 Å². The van der Waals surface area contributed by atoms with Crippen LogP contribution in [0, 0.1) is 11.8 Å². The van der Waals surface area contributed by atoms with Crippen LogP contribution in [-0.4, -0.2) is 22.5 Å². The fourth-order valence-electron chi connectivity index (χ4n) is 1.61. The first-order valence-electron chi connectivity index (χ1n) is 6.05.